The maximum atomic E-state index is 13.6. The summed E-state index contributed by atoms with van der Waals surface area (Å²) in [5, 5.41) is 2.87. The van der Waals surface area contributed by atoms with Crippen molar-refractivity contribution in [2.75, 3.05) is 0 Å². The first-order chi connectivity index (χ1) is 9.90. The van der Waals surface area contributed by atoms with Gasteiger partial charge in [0, 0.05) is 11.0 Å². The number of nitrogens with one attached hydrogen (secondary N) is 1. The van der Waals surface area contributed by atoms with Gasteiger partial charge in [0.2, 0.25) is 0 Å². The maximum absolute atomic E-state index is 13.6. The number of rotatable bonds is 3. The van der Waals surface area contributed by atoms with Crippen molar-refractivity contribution >= 4 is 21.8 Å². The van der Waals surface area contributed by atoms with Gasteiger partial charge in [-0.05, 0) is 65.0 Å². The zero-order valence-corrected chi connectivity index (χ0v) is 13.8. The summed E-state index contributed by atoms with van der Waals surface area (Å²) in [4.78, 5) is 12.2. The van der Waals surface area contributed by atoms with E-state index >= 15 is 0 Å². The van der Waals surface area contributed by atoms with Gasteiger partial charge in [-0.2, -0.15) is 0 Å². The molecule has 0 aliphatic carbocycles. The molecule has 2 nitrogen and oxygen atoms in total. The lowest BCUT2D eigenvalue weighted by Crippen LogP contribution is -2.23. The molecule has 21 heavy (non-hydrogen) atoms. The normalized spacial score (nSPS) is 10.5. The molecule has 0 aliphatic heterocycles. The molecule has 0 fully saturated rings. The van der Waals surface area contributed by atoms with Crippen LogP contribution in [-0.2, 0) is 6.54 Å². The summed E-state index contributed by atoms with van der Waals surface area (Å²) in [6.45, 7) is 5.77. The van der Waals surface area contributed by atoms with Gasteiger partial charge >= 0.3 is 0 Å². The second-order valence-electron chi connectivity index (χ2n) is 5.16. The summed E-state index contributed by atoms with van der Waals surface area (Å²) in [6.07, 6.45) is 0. The minimum absolute atomic E-state index is 0.148. The summed E-state index contributed by atoms with van der Waals surface area (Å²) in [5.41, 5.74) is 3.69. The van der Waals surface area contributed by atoms with Crippen LogP contribution in [0.2, 0.25) is 0 Å². The van der Waals surface area contributed by atoms with Gasteiger partial charge in [0.25, 0.3) is 5.91 Å². The van der Waals surface area contributed by atoms with Gasteiger partial charge in [0.1, 0.15) is 5.82 Å². The molecule has 0 radical (unpaired) electrons. The van der Waals surface area contributed by atoms with E-state index in [-0.39, 0.29) is 11.7 Å². The van der Waals surface area contributed by atoms with E-state index in [1.54, 1.807) is 32.0 Å². The van der Waals surface area contributed by atoms with E-state index in [2.05, 4.69) is 21.2 Å². The van der Waals surface area contributed by atoms with Gasteiger partial charge in [-0.1, -0.05) is 24.3 Å². The van der Waals surface area contributed by atoms with E-state index in [4.69, 9.17) is 0 Å². The van der Waals surface area contributed by atoms with Crippen LogP contribution in [0.4, 0.5) is 4.39 Å². The fourth-order valence-corrected chi connectivity index (χ4v) is 2.68. The van der Waals surface area contributed by atoms with E-state index in [0.717, 1.165) is 15.6 Å². The maximum Gasteiger partial charge on any atom is 0.252 e. The summed E-state index contributed by atoms with van der Waals surface area (Å²) in [7, 11) is 0. The average molecular weight is 350 g/mol. The molecule has 0 heterocycles. The Hall–Kier alpha value is -1.68. The average Bonchev–Trinajstić information content (AvgIpc) is 2.45. The molecule has 0 spiro atoms. The van der Waals surface area contributed by atoms with Crippen molar-refractivity contribution in [1.29, 1.82) is 0 Å². The van der Waals surface area contributed by atoms with Crippen molar-refractivity contribution in [3.05, 3.63) is 68.4 Å². The first kappa shape index (κ1) is 15.7. The van der Waals surface area contributed by atoms with Crippen LogP contribution >= 0.6 is 15.9 Å². The van der Waals surface area contributed by atoms with Gasteiger partial charge in [-0.25, -0.2) is 4.39 Å². The molecule has 4 heteroatoms. The van der Waals surface area contributed by atoms with Crippen LogP contribution in [0.25, 0.3) is 0 Å². The zero-order valence-electron chi connectivity index (χ0n) is 12.3. The Bertz CT molecular complexity index is 674. The number of aryl methyl sites for hydroxylation is 3. The monoisotopic (exact) mass is 349 g/mol. The first-order valence-electron chi connectivity index (χ1n) is 6.69. The summed E-state index contributed by atoms with van der Waals surface area (Å²) in [5.74, 6) is -0.336. The molecular weight excluding hydrogens is 333 g/mol. The highest BCUT2D eigenvalue weighted by molar-refractivity contribution is 9.10. The molecular formula is C17H17BrFNO. The Morgan fingerprint density at radius 1 is 1.14 bits per heavy atom. The molecule has 2 rings (SSSR count). The van der Waals surface area contributed by atoms with Gasteiger partial charge < -0.3 is 5.32 Å². The SMILES string of the molecule is Cc1cc(CNC(=O)c2cccc(C)c2Br)cc(C)c1F. The molecule has 110 valence electrons. The van der Waals surface area contributed by atoms with Crippen molar-refractivity contribution < 1.29 is 9.18 Å². The lowest BCUT2D eigenvalue weighted by molar-refractivity contribution is 0.0950. The Labute approximate surface area is 132 Å². The highest BCUT2D eigenvalue weighted by Gasteiger charge is 2.11. The molecule has 0 aliphatic rings. The third-order valence-electron chi connectivity index (χ3n) is 3.39. The second kappa shape index (κ2) is 6.39. The minimum atomic E-state index is -0.188. The van der Waals surface area contributed by atoms with E-state index in [1.165, 1.54) is 0 Å². The first-order valence-corrected chi connectivity index (χ1v) is 7.48. The number of carbonyl (C=O) groups is 1. The smallest absolute Gasteiger partial charge is 0.252 e. The van der Waals surface area contributed by atoms with Gasteiger partial charge in [-0.15, -0.1) is 0 Å². The number of benzene rings is 2. The minimum Gasteiger partial charge on any atom is -0.348 e. The Morgan fingerprint density at radius 2 is 1.76 bits per heavy atom. The number of halogens is 2. The summed E-state index contributed by atoms with van der Waals surface area (Å²) >= 11 is 3.43. The van der Waals surface area contributed by atoms with Crippen LogP contribution in [0.5, 0.6) is 0 Å². The standard InChI is InChI=1S/C17H17BrFNO/c1-10-5-4-6-14(15(10)18)17(21)20-9-13-7-11(2)16(19)12(3)8-13/h4-8H,9H2,1-3H3,(H,20,21). The highest BCUT2D eigenvalue weighted by atomic mass is 79.9. The predicted molar refractivity (Wildman–Crippen MR) is 85.9 cm³/mol. The van der Waals surface area contributed by atoms with E-state index in [1.807, 2.05) is 19.1 Å². The van der Waals surface area contributed by atoms with Crippen LogP contribution in [-0.4, -0.2) is 5.91 Å². The molecule has 0 unspecified atom stereocenters. The van der Waals surface area contributed by atoms with Crippen molar-refractivity contribution in [3.8, 4) is 0 Å². The Kier molecular flexibility index (Phi) is 4.78. The zero-order chi connectivity index (χ0) is 15.6. The van der Waals surface area contributed by atoms with Crippen LogP contribution in [0.1, 0.15) is 32.6 Å². The highest BCUT2D eigenvalue weighted by Crippen LogP contribution is 2.21. The third kappa shape index (κ3) is 3.50. The Morgan fingerprint density at radius 3 is 2.38 bits per heavy atom. The molecule has 2 aromatic rings. The van der Waals surface area contributed by atoms with Crippen molar-refractivity contribution in [2.24, 2.45) is 0 Å². The molecule has 1 amide bonds. The number of amides is 1. The lowest BCUT2D eigenvalue weighted by atomic mass is 10.1. The van der Waals surface area contributed by atoms with Crippen molar-refractivity contribution in [3.63, 3.8) is 0 Å². The summed E-state index contributed by atoms with van der Waals surface area (Å²) in [6, 6.07) is 9.07. The van der Waals surface area contributed by atoms with Crippen LogP contribution in [0.3, 0.4) is 0 Å². The van der Waals surface area contributed by atoms with E-state index < -0.39 is 0 Å². The molecule has 0 saturated carbocycles. The van der Waals surface area contributed by atoms with Crippen LogP contribution < -0.4 is 5.32 Å². The molecule has 0 bridgehead atoms. The summed E-state index contributed by atoms with van der Waals surface area (Å²) < 4.78 is 14.4. The van der Waals surface area contributed by atoms with E-state index in [0.29, 0.717) is 23.2 Å². The lowest BCUT2D eigenvalue weighted by Gasteiger charge is -2.10. The van der Waals surface area contributed by atoms with Gasteiger partial charge in [0.05, 0.1) is 5.56 Å². The fourth-order valence-electron chi connectivity index (χ4n) is 2.24. The van der Waals surface area contributed by atoms with Crippen molar-refractivity contribution in [1.82, 2.24) is 5.32 Å². The van der Waals surface area contributed by atoms with Gasteiger partial charge in [-0.3, -0.25) is 4.79 Å². The molecule has 0 aromatic heterocycles. The van der Waals surface area contributed by atoms with E-state index in [9.17, 15) is 9.18 Å². The fraction of sp³-hybridized carbons (Fsp3) is 0.235. The molecule has 0 atom stereocenters. The predicted octanol–water partition coefficient (Wildman–Crippen LogP) is 4.44. The molecule has 0 saturated heterocycles. The second-order valence-corrected chi connectivity index (χ2v) is 5.96. The molecule has 1 N–H and O–H groups in total. The third-order valence-corrected chi connectivity index (χ3v) is 4.44. The quantitative estimate of drug-likeness (QED) is 0.871. The number of carbonyl (C=O) groups excluding carboxylic acids is 1. The largest absolute Gasteiger partial charge is 0.348 e. The van der Waals surface area contributed by atoms with Crippen LogP contribution in [0.15, 0.2) is 34.8 Å². The number of hydrogen-bond acceptors (Lipinski definition) is 1. The van der Waals surface area contributed by atoms with Crippen molar-refractivity contribution in [2.45, 2.75) is 27.3 Å². The van der Waals surface area contributed by atoms with Gasteiger partial charge in [0.15, 0.2) is 0 Å². The molecule has 2 aromatic carbocycles. The van der Waals surface area contributed by atoms with Crippen LogP contribution in [0, 0.1) is 26.6 Å². The topological polar surface area (TPSA) is 29.1 Å². The Balaban J connectivity index is 2.13. The number of hydrogen-bond donors (Lipinski definition) is 1.